The maximum atomic E-state index is 6.40. The van der Waals surface area contributed by atoms with Gasteiger partial charge < -0.3 is 4.42 Å². The van der Waals surface area contributed by atoms with Crippen molar-refractivity contribution in [3.63, 3.8) is 0 Å². The van der Waals surface area contributed by atoms with E-state index in [1.165, 1.54) is 66.2 Å². The van der Waals surface area contributed by atoms with Crippen molar-refractivity contribution in [2.45, 2.75) is 26.2 Å². The number of aryl methyl sites for hydroxylation is 1. The largest absolute Gasteiger partial charge is 0.455 e. The molecule has 1 nitrogen and oxygen atoms in total. The Labute approximate surface area is 228 Å². The van der Waals surface area contributed by atoms with Gasteiger partial charge in [-0.3, -0.25) is 0 Å². The van der Waals surface area contributed by atoms with Gasteiger partial charge >= 0.3 is 0 Å². The molecular formula is C38H28O. The molecule has 1 heteroatoms. The Bertz CT molecular complexity index is 2090. The van der Waals surface area contributed by atoms with Crippen LogP contribution in [0.25, 0.3) is 66.1 Å². The summed E-state index contributed by atoms with van der Waals surface area (Å²) in [5, 5.41) is 4.76. The van der Waals surface area contributed by atoms with Crippen LogP contribution in [-0.4, -0.2) is 0 Å². The lowest BCUT2D eigenvalue weighted by atomic mass is 9.79. The molecule has 186 valence electrons. The van der Waals surface area contributed by atoms with Gasteiger partial charge in [0.05, 0.1) is 0 Å². The van der Waals surface area contributed by atoms with Gasteiger partial charge in [-0.1, -0.05) is 117 Å². The molecule has 0 unspecified atom stereocenters. The number of hydrogen-bond donors (Lipinski definition) is 0. The Morgan fingerprint density at radius 2 is 1.18 bits per heavy atom. The highest BCUT2D eigenvalue weighted by Gasteiger charge is 2.37. The first-order chi connectivity index (χ1) is 19.0. The normalized spacial score (nSPS) is 13.7. The Balaban J connectivity index is 1.31. The van der Waals surface area contributed by atoms with Crippen LogP contribution in [0.2, 0.25) is 0 Å². The van der Waals surface area contributed by atoms with E-state index in [4.69, 9.17) is 4.42 Å². The summed E-state index contributed by atoms with van der Waals surface area (Å²) in [7, 11) is 0. The van der Waals surface area contributed by atoms with Crippen LogP contribution in [0.3, 0.4) is 0 Å². The van der Waals surface area contributed by atoms with Crippen molar-refractivity contribution >= 4 is 32.7 Å². The van der Waals surface area contributed by atoms with Crippen molar-refractivity contribution < 1.29 is 4.42 Å². The highest BCUT2D eigenvalue weighted by Crippen LogP contribution is 2.52. The Hall–Kier alpha value is -4.62. The second-order valence-electron chi connectivity index (χ2n) is 11.4. The minimum atomic E-state index is -0.0391. The van der Waals surface area contributed by atoms with Gasteiger partial charge in [0.1, 0.15) is 11.2 Å². The lowest BCUT2D eigenvalue weighted by Crippen LogP contribution is -2.16. The summed E-state index contributed by atoms with van der Waals surface area (Å²) in [4.78, 5) is 0. The molecule has 0 N–H and O–H groups in total. The lowest BCUT2D eigenvalue weighted by Gasteiger charge is -2.24. The summed E-state index contributed by atoms with van der Waals surface area (Å²) in [5.41, 5.74) is 13.7. The summed E-state index contributed by atoms with van der Waals surface area (Å²) >= 11 is 0. The molecule has 0 radical (unpaired) electrons. The van der Waals surface area contributed by atoms with E-state index in [1.54, 1.807) is 0 Å². The average Bonchev–Trinajstić information content (AvgIpc) is 3.47. The van der Waals surface area contributed by atoms with E-state index in [0.29, 0.717) is 0 Å². The fraction of sp³-hybridized carbons (Fsp3) is 0.105. The van der Waals surface area contributed by atoms with Gasteiger partial charge in [-0.15, -0.1) is 0 Å². The first-order valence-electron chi connectivity index (χ1n) is 13.7. The van der Waals surface area contributed by atoms with Crippen LogP contribution in [0.4, 0.5) is 0 Å². The molecule has 1 heterocycles. The van der Waals surface area contributed by atoms with E-state index in [9.17, 15) is 0 Å². The van der Waals surface area contributed by atoms with Crippen LogP contribution in [0.5, 0.6) is 0 Å². The van der Waals surface area contributed by atoms with Gasteiger partial charge in [0, 0.05) is 21.6 Å². The zero-order chi connectivity index (χ0) is 26.3. The van der Waals surface area contributed by atoms with Crippen molar-refractivity contribution in [2.24, 2.45) is 0 Å². The van der Waals surface area contributed by atoms with E-state index in [-0.39, 0.29) is 5.41 Å². The van der Waals surface area contributed by atoms with Gasteiger partial charge in [0.2, 0.25) is 0 Å². The zero-order valence-electron chi connectivity index (χ0n) is 22.4. The van der Waals surface area contributed by atoms with Crippen LogP contribution < -0.4 is 0 Å². The molecule has 0 saturated carbocycles. The SMILES string of the molecule is Cc1cccc2oc3c4ccccc4c(-c4ccc(-c5cccc6c5C(C)(C)c5ccccc5-6)cc4)cc3c12. The first kappa shape index (κ1) is 22.4. The summed E-state index contributed by atoms with van der Waals surface area (Å²) in [6, 6.07) is 42.0. The summed E-state index contributed by atoms with van der Waals surface area (Å²) in [5.74, 6) is 0. The predicted molar refractivity (Wildman–Crippen MR) is 164 cm³/mol. The fourth-order valence-corrected chi connectivity index (χ4v) is 6.98. The molecule has 1 aromatic heterocycles. The molecule has 7 aromatic rings. The van der Waals surface area contributed by atoms with Crippen molar-refractivity contribution in [1.29, 1.82) is 0 Å². The van der Waals surface area contributed by atoms with Crippen LogP contribution in [0.1, 0.15) is 30.5 Å². The van der Waals surface area contributed by atoms with E-state index in [0.717, 1.165) is 16.6 Å². The Kier molecular flexibility index (Phi) is 4.56. The molecule has 0 spiro atoms. The average molecular weight is 501 g/mol. The second kappa shape index (κ2) is 7.94. The molecular weight excluding hydrogens is 472 g/mol. The molecule has 0 saturated heterocycles. The van der Waals surface area contributed by atoms with Gasteiger partial charge in [0.15, 0.2) is 0 Å². The first-order valence-corrected chi connectivity index (χ1v) is 13.7. The third-order valence-electron chi connectivity index (χ3n) is 8.80. The lowest BCUT2D eigenvalue weighted by molar-refractivity contribution is 0.662. The van der Waals surface area contributed by atoms with Crippen LogP contribution in [0, 0.1) is 6.92 Å². The molecule has 0 fully saturated rings. The van der Waals surface area contributed by atoms with E-state index in [2.05, 4.69) is 136 Å². The van der Waals surface area contributed by atoms with Gasteiger partial charge in [-0.2, -0.15) is 0 Å². The number of fused-ring (bicyclic) bond motifs is 8. The van der Waals surface area contributed by atoms with Crippen LogP contribution >= 0.6 is 0 Å². The maximum Gasteiger partial charge on any atom is 0.143 e. The van der Waals surface area contributed by atoms with E-state index < -0.39 is 0 Å². The van der Waals surface area contributed by atoms with Gasteiger partial charge in [-0.25, -0.2) is 0 Å². The minimum Gasteiger partial charge on any atom is -0.455 e. The molecule has 0 atom stereocenters. The minimum absolute atomic E-state index is 0.0391. The number of rotatable bonds is 2. The molecule has 1 aliphatic rings. The monoisotopic (exact) mass is 500 g/mol. The van der Waals surface area contributed by atoms with E-state index in [1.807, 2.05) is 0 Å². The van der Waals surface area contributed by atoms with Crippen molar-refractivity contribution in [2.75, 3.05) is 0 Å². The third-order valence-corrected chi connectivity index (χ3v) is 8.80. The topological polar surface area (TPSA) is 13.1 Å². The molecule has 1 aliphatic carbocycles. The van der Waals surface area contributed by atoms with Crippen molar-refractivity contribution in [3.05, 3.63) is 132 Å². The molecule has 0 aliphatic heterocycles. The molecule has 0 bridgehead atoms. The quantitative estimate of drug-likeness (QED) is 0.230. The fourth-order valence-electron chi connectivity index (χ4n) is 6.98. The highest BCUT2D eigenvalue weighted by atomic mass is 16.3. The summed E-state index contributed by atoms with van der Waals surface area (Å²) in [6.45, 7) is 6.88. The number of benzene rings is 6. The summed E-state index contributed by atoms with van der Waals surface area (Å²) < 4.78 is 6.40. The molecule has 39 heavy (non-hydrogen) atoms. The zero-order valence-corrected chi connectivity index (χ0v) is 22.4. The highest BCUT2D eigenvalue weighted by molar-refractivity contribution is 6.19. The maximum absolute atomic E-state index is 6.40. The Morgan fingerprint density at radius 3 is 2.00 bits per heavy atom. The Morgan fingerprint density at radius 1 is 0.538 bits per heavy atom. The smallest absolute Gasteiger partial charge is 0.143 e. The number of hydrogen-bond acceptors (Lipinski definition) is 1. The summed E-state index contributed by atoms with van der Waals surface area (Å²) in [6.07, 6.45) is 0. The molecule has 8 rings (SSSR count). The predicted octanol–water partition coefficient (Wildman–Crippen LogP) is 10.7. The van der Waals surface area contributed by atoms with Crippen LogP contribution in [0.15, 0.2) is 120 Å². The third kappa shape index (κ3) is 3.08. The van der Waals surface area contributed by atoms with Crippen molar-refractivity contribution in [1.82, 2.24) is 0 Å². The number of furan rings is 1. The second-order valence-corrected chi connectivity index (χ2v) is 11.4. The van der Waals surface area contributed by atoms with Crippen LogP contribution in [-0.2, 0) is 5.41 Å². The molecule has 6 aromatic carbocycles. The van der Waals surface area contributed by atoms with E-state index >= 15 is 0 Å². The molecule has 0 amide bonds. The van der Waals surface area contributed by atoms with Gasteiger partial charge in [-0.05, 0) is 74.5 Å². The van der Waals surface area contributed by atoms with Crippen molar-refractivity contribution in [3.8, 4) is 33.4 Å². The van der Waals surface area contributed by atoms with Gasteiger partial charge in [0.25, 0.3) is 0 Å². The standard InChI is InChI=1S/C38H28O/c1-23-10-8-17-34-35(23)32-22-31(27-11-4-5-13-30(27)37(32)39-34)25-20-18-24(19-21-25)26-14-9-15-29-28-12-6-7-16-33(28)38(2,3)36(26)29/h4-22H,1-3H3.